The number of anilines is 3. The Labute approximate surface area is 105 Å². The molecular formula is C12H14FN5. The molecule has 0 radical (unpaired) electrons. The summed E-state index contributed by atoms with van der Waals surface area (Å²) in [4.78, 5) is 14.1. The van der Waals surface area contributed by atoms with E-state index < -0.39 is 0 Å². The van der Waals surface area contributed by atoms with Gasteiger partial charge in [0.2, 0.25) is 11.9 Å². The lowest BCUT2D eigenvalue weighted by Crippen LogP contribution is -2.16. The fraction of sp³-hybridized carbons (Fsp3) is 0.250. The minimum atomic E-state index is -0.281. The van der Waals surface area contributed by atoms with E-state index in [2.05, 4.69) is 15.0 Å². The molecule has 1 aromatic heterocycles. The molecular weight excluding hydrogens is 233 g/mol. The highest BCUT2D eigenvalue weighted by Gasteiger charge is 2.10. The third-order valence-corrected chi connectivity index (χ3v) is 2.52. The lowest BCUT2D eigenvalue weighted by Gasteiger charge is -2.17. The van der Waals surface area contributed by atoms with Gasteiger partial charge in [-0.25, -0.2) is 4.39 Å². The number of nitrogens with zero attached hydrogens (tertiary/aromatic N) is 4. The average Bonchev–Trinajstić information content (AvgIpc) is 2.38. The van der Waals surface area contributed by atoms with Crippen LogP contribution >= 0.6 is 0 Å². The molecule has 0 bridgehead atoms. The van der Waals surface area contributed by atoms with Gasteiger partial charge in [-0.2, -0.15) is 15.0 Å². The van der Waals surface area contributed by atoms with Gasteiger partial charge in [0.05, 0.1) is 0 Å². The maximum absolute atomic E-state index is 12.9. The van der Waals surface area contributed by atoms with E-state index in [0.717, 1.165) is 5.69 Å². The second-order valence-corrected chi connectivity index (χ2v) is 3.80. The first-order valence-corrected chi connectivity index (χ1v) is 5.60. The topological polar surface area (TPSA) is 67.9 Å². The summed E-state index contributed by atoms with van der Waals surface area (Å²) in [7, 11) is 1.79. The summed E-state index contributed by atoms with van der Waals surface area (Å²) >= 11 is 0. The van der Waals surface area contributed by atoms with Gasteiger partial charge in [0.15, 0.2) is 0 Å². The smallest absolute Gasteiger partial charge is 0.234 e. The first kappa shape index (κ1) is 12.2. The van der Waals surface area contributed by atoms with Gasteiger partial charge in [-0.3, -0.25) is 0 Å². The number of hydrogen-bond donors (Lipinski definition) is 1. The highest BCUT2D eigenvalue weighted by Crippen LogP contribution is 2.20. The summed E-state index contributed by atoms with van der Waals surface area (Å²) < 4.78 is 12.9. The van der Waals surface area contributed by atoms with Crippen molar-refractivity contribution in [2.45, 2.75) is 13.3 Å². The Morgan fingerprint density at radius 3 is 2.44 bits per heavy atom. The second kappa shape index (κ2) is 4.95. The molecule has 2 rings (SSSR count). The normalized spacial score (nSPS) is 10.4. The standard InChI is InChI=1S/C12H14FN5/c1-3-10-15-11(14)17-12(16-10)18(2)9-6-4-8(13)5-7-9/h4-7H,3H2,1-2H3,(H2,14,15,16,17). The van der Waals surface area contributed by atoms with E-state index >= 15 is 0 Å². The van der Waals surface area contributed by atoms with Crippen molar-refractivity contribution in [3.05, 3.63) is 35.9 Å². The van der Waals surface area contributed by atoms with Crippen molar-refractivity contribution in [3.63, 3.8) is 0 Å². The number of aromatic nitrogens is 3. The van der Waals surface area contributed by atoms with Gasteiger partial charge in [-0.05, 0) is 24.3 Å². The molecule has 0 atom stereocenters. The van der Waals surface area contributed by atoms with E-state index in [4.69, 9.17) is 5.73 Å². The minimum absolute atomic E-state index is 0.186. The number of aryl methyl sites for hydroxylation is 1. The minimum Gasteiger partial charge on any atom is -0.368 e. The van der Waals surface area contributed by atoms with Crippen molar-refractivity contribution in [2.24, 2.45) is 0 Å². The van der Waals surface area contributed by atoms with E-state index in [0.29, 0.717) is 18.2 Å². The summed E-state index contributed by atoms with van der Waals surface area (Å²) in [5.41, 5.74) is 6.41. The van der Waals surface area contributed by atoms with Gasteiger partial charge in [0.1, 0.15) is 11.6 Å². The molecule has 0 saturated carbocycles. The molecule has 0 fully saturated rings. The Morgan fingerprint density at radius 1 is 1.17 bits per heavy atom. The molecule has 1 heterocycles. The van der Waals surface area contributed by atoms with E-state index in [1.807, 2.05) is 6.92 Å². The lowest BCUT2D eigenvalue weighted by molar-refractivity contribution is 0.628. The lowest BCUT2D eigenvalue weighted by atomic mass is 10.3. The van der Waals surface area contributed by atoms with Gasteiger partial charge in [-0.15, -0.1) is 0 Å². The first-order valence-electron chi connectivity index (χ1n) is 5.60. The molecule has 0 aliphatic carbocycles. The molecule has 2 aromatic rings. The monoisotopic (exact) mass is 247 g/mol. The van der Waals surface area contributed by atoms with Crippen molar-refractivity contribution >= 4 is 17.6 Å². The highest BCUT2D eigenvalue weighted by atomic mass is 19.1. The fourth-order valence-corrected chi connectivity index (χ4v) is 1.51. The summed E-state index contributed by atoms with van der Waals surface area (Å²) in [6.45, 7) is 1.94. The van der Waals surface area contributed by atoms with Crippen LogP contribution in [0.4, 0.5) is 22.0 Å². The molecule has 0 unspecified atom stereocenters. The molecule has 0 aliphatic heterocycles. The van der Waals surface area contributed by atoms with Crippen LogP contribution in [0.1, 0.15) is 12.7 Å². The van der Waals surface area contributed by atoms with Gasteiger partial charge in [0.25, 0.3) is 0 Å². The molecule has 94 valence electrons. The fourth-order valence-electron chi connectivity index (χ4n) is 1.51. The van der Waals surface area contributed by atoms with Crippen molar-refractivity contribution in [3.8, 4) is 0 Å². The SMILES string of the molecule is CCc1nc(N)nc(N(C)c2ccc(F)cc2)n1. The summed E-state index contributed by atoms with van der Waals surface area (Å²) in [5.74, 6) is 0.986. The van der Waals surface area contributed by atoms with Gasteiger partial charge in [-0.1, -0.05) is 6.92 Å². The van der Waals surface area contributed by atoms with Crippen LogP contribution < -0.4 is 10.6 Å². The zero-order valence-corrected chi connectivity index (χ0v) is 10.3. The molecule has 18 heavy (non-hydrogen) atoms. The van der Waals surface area contributed by atoms with E-state index in [9.17, 15) is 4.39 Å². The number of nitrogen functional groups attached to an aromatic ring is 1. The Kier molecular flexibility index (Phi) is 3.36. The van der Waals surface area contributed by atoms with Gasteiger partial charge >= 0.3 is 0 Å². The highest BCUT2D eigenvalue weighted by molar-refractivity contribution is 5.56. The first-order chi connectivity index (χ1) is 8.60. The van der Waals surface area contributed by atoms with E-state index in [1.54, 1.807) is 24.1 Å². The largest absolute Gasteiger partial charge is 0.368 e. The molecule has 0 saturated heterocycles. The van der Waals surface area contributed by atoms with Crippen LogP contribution in [-0.2, 0) is 6.42 Å². The summed E-state index contributed by atoms with van der Waals surface area (Å²) in [5, 5.41) is 0. The van der Waals surface area contributed by atoms with Crippen molar-refractivity contribution < 1.29 is 4.39 Å². The summed E-state index contributed by atoms with van der Waals surface area (Å²) in [6, 6.07) is 6.08. The number of halogens is 1. The number of hydrogen-bond acceptors (Lipinski definition) is 5. The quantitative estimate of drug-likeness (QED) is 0.897. The molecule has 2 N–H and O–H groups in total. The Balaban J connectivity index is 2.35. The Bertz CT molecular complexity index is 541. The van der Waals surface area contributed by atoms with Crippen LogP contribution in [0.3, 0.4) is 0 Å². The maximum atomic E-state index is 12.9. The molecule has 0 amide bonds. The molecule has 0 aliphatic rings. The van der Waals surface area contributed by atoms with Crippen LogP contribution in [0, 0.1) is 5.82 Å². The van der Waals surface area contributed by atoms with Crippen LogP contribution in [0.15, 0.2) is 24.3 Å². The predicted octanol–water partition coefficient (Wildman–Crippen LogP) is 1.92. The number of rotatable bonds is 3. The summed E-state index contributed by atoms with van der Waals surface area (Å²) in [6.07, 6.45) is 0.678. The van der Waals surface area contributed by atoms with Crippen molar-refractivity contribution in [1.29, 1.82) is 0 Å². The molecule has 6 heteroatoms. The van der Waals surface area contributed by atoms with E-state index in [-0.39, 0.29) is 11.8 Å². The van der Waals surface area contributed by atoms with Crippen LogP contribution in [-0.4, -0.2) is 22.0 Å². The number of benzene rings is 1. The molecule has 0 spiro atoms. The van der Waals surface area contributed by atoms with Crippen LogP contribution in [0.2, 0.25) is 0 Å². The maximum Gasteiger partial charge on any atom is 0.234 e. The van der Waals surface area contributed by atoms with Crippen LogP contribution in [0.5, 0.6) is 0 Å². The zero-order chi connectivity index (χ0) is 13.1. The average molecular weight is 247 g/mol. The molecule has 5 nitrogen and oxygen atoms in total. The van der Waals surface area contributed by atoms with Crippen LogP contribution in [0.25, 0.3) is 0 Å². The van der Waals surface area contributed by atoms with Crippen molar-refractivity contribution in [2.75, 3.05) is 17.7 Å². The zero-order valence-electron chi connectivity index (χ0n) is 10.3. The molecule has 1 aromatic carbocycles. The third kappa shape index (κ3) is 2.53. The van der Waals surface area contributed by atoms with E-state index in [1.165, 1.54) is 12.1 Å². The van der Waals surface area contributed by atoms with Gasteiger partial charge < -0.3 is 10.6 Å². The van der Waals surface area contributed by atoms with Gasteiger partial charge in [0, 0.05) is 19.2 Å². The van der Waals surface area contributed by atoms with Crippen molar-refractivity contribution in [1.82, 2.24) is 15.0 Å². The Hall–Kier alpha value is -2.24. The number of nitrogens with two attached hydrogens (primary N) is 1. The third-order valence-electron chi connectivity index (χ3n) is 2.52. The predicted molar refractivity (Wildman–Crippen MR) is 68.1 cm³/mol. The Morgan fingerprint density at radius 2 is 1.83 bits per heavy atom. The second-order valence-electron chi connectivity index (χ2n) is 3.80.